The van der Waals surface area contributed by atoms with Crippen LogP contribution >= 0.6 is 23.5 Å². The molecule has 0 fully saturated rings. The summed E-state index contributed by atoms with van der Waals surface area (Å²) in [7, 11) is -3.45. The highest BCUT2D eigenvalue weighted by Crippen LogP contribution is 2.39. The van der Waals surface area contributed by atoms with E-state index in [0.717, 1.165) is 12.2 Å². The lowest BCUT2D eigenvalue weighted by Gasteiger charge is -2.11. The fourth-order valence-electron chi connectivity index (χ4n) is 0.886. The van der Waals surface area contributed by atoms with Gasteiger partial charge in [0.05, 0.1) is 0 Å². The maximum Gasteiger partial charge on any atom is 0.373 e. The van der Waals surface area contributed by atoms with E-state index < -0.39 is 7.60 Å². The number of hydrogen-bond acceptors (Lipinski definition) is 2. The van der Waals surface area contributed by atoms with E-state index >= 15 is 0 Å². The molecule has 0 saturated carbocycles. The van der Waals surface area contributed by atoms with Crippen molar-refractivity contribution in [1.82, 2.24) is 0 Å². The van der Waals surface area contributed by atoms with Crippen molar-refractivity contribution < 1.29 is 14.0 Å². The van der Waals surface area contributed by atoms with Crippen molar-refractivity contribution in [2.24, 2.45) is 0 Å². The van der Waals surface area contributed by atoms with Crippen molar-refractivity contribution in [3.63, 3.8) is 0 Å². The van der Waals surface area contributed by atoms with E-state index in [1.807, 2.05) is 12.1 Å². The van der Waals surface area contributed by atoms with Gasteiger partial charge in [-0.15, -0.1) is 0 Å². The Labute approximate surface area is 85.4 Å². The van der Waals surface area contributed by atoms with Crippen LogP contribution in [0.15, 0.2) is 24.3 Å². The van der Waals surface area contributed by atoms with Crippen LogP contribution in [0.2, 0.25) is 0 Å². The Morgan fingerprint density at radius 2 is 2.15 bits per heavy atom. The summed E-state index contributed by atoms with van der Waals surface area (Å²) in [6.45, 7) is 1.16. The Kier molecular flexibility index (Phi) is 3.54. The average Bonchev–Trinajstić information content (AvgIpc) is 2.02. The molecule has 1 aromatic carbocycles. The van der Waals surface area contributed by atoms with Gasteiger partial charge in [0.1, 0.15) is 5.75 Å². The number of halogens is 1. The van der Waals surface area contributed by atoms with E-state index in [1.54, 1.807) is 12.1 Å². The highest BCUT2D eigenvalue weighted by Gasteiger charge is 2.13. The number of benzene rings is 1. The van der Waals surface area contributed by atoms with E-state index in [4.69, 9.17) is 9.42 Å². The summed E-state index contributed by atoms with van der Waals surface area (Å²) < 4.78 is 15.9. The summed E-state index contributed by atoms with van der Waals surface area (Å²) in [5.41, 5.74) is 0.860. The number of para-hydroxylation sites is 1. The normalized spacial score (nSPS) is 15.0. The zero-order valence-electron chi connectivity index (χ0n) is 7.11. The first-order valence-electron chi connectivity index (χ1n) is 3.66. The monoisotopic (exact) mass is 264 g/mol. The molecule has 5 heteroatoms. The van der Waals surface area contributed by atoms with E-state index in [1.165, 1.54) is 0 Å². The third-order valence-corrected chi connectivity index (χ3v) is 2.52. The van der Waals surface area contributed by atoms with Gasteiger partial charge >= 0.3 is 7.60 Å². The first-order valence-corrected chi connectivity index (χ1v) is 6.81. The fourth-order valence-corrected chi connectivity index (χ4v) is 1.89. The van der Waals surface area contributed by atoms with Crippen molar-refractivity contribution >= 4 is 23.5 Å². The third-order valence-electron chi connectivity index (χ3n) is 1.38. The van der Waals surface area contributed by atoms with Gasteiger partial charge in [-0.2, -0.15) is 0 Å². The van der Waals surface area contributed by atoms with Gasteiger partial charge in [0.25, 0.3) is 0 Å². The van der Waals surface area contributed by atoms with Gasteiger partial charge < -0.3 is 9.42 Å². The van der Waals surface area contributed by atoms with Gasteiger partial charge in [-0.3, -0.25) is 0 Å². The highest BCUT2D eigenvalue weighted by molar-refractivity contribution is 9.08. The van der Waals surface area contributed by atoms with Crippen LogP contribution in [0, 0.1) is 0 Å². The van der Waals surface area contributed by atoms with Crippen LogP contribution in [0.4, 0.5) is 0 Å². The molecular weight excluding hydrogens is 255 g/mol. The van der Waals surface area contributed by atoms with Gasteiger partial charge in [0.15, 0.2) is 0 Å². The fraction of sp³-hybridized carbons (Fsp3) is 0.250. The van der Waals surface area contributed by atoms with Crippen molar-refractivity contribution in [3.05, 3.63) is 29.8 Å². The summed E-state index contributed by atoms with van der Waals surface area (Å²) in [6, 6.07) is 7.11. The molecule has 1 aromatic rings. The topological polar surface area (TPSA) is 46.5 Å². The lowest BCUT2D eigenvalue weighted by atomic mass is 10.2. The third kappa shape index (κ3) is 3.51. The summed E-state index contributed by atoms with van der Waals surface area (Å²) in [4.78, 5) is 9.01. The Balaban J connectivity index is 2.94. The van der Waals surface area contributed by atoms with E-state index in [-0.39, 0.29) is 0 Å². The van der Waals surface area contributed by atoms with Crippen LogP contribution in [0.5, 0.6) is 5.75 Å². The molecule has 0 aliphatic rings. The predicted octanol–water partition coefficient (Wildman–Crippen LogP) is 2.78. The first-order chi connectivity index (χ1) is 6.03. The first kappa shape index (κ1) is 10.8. The van der Waals surface area contributed by atoms with Gasteiger partial charge in [-0.1, -0.05) is 34.1 Å². The molecule has 0 saturated heterocycles. The molecule has 0 aliphatic carbocycles. The lowest BCUT2D eigenvalue weighted by molar-refractivity contribution is 0.386. The Hall–Kier alpha value is -0.310. The van der Waals surface area contributed by atoms with Crippen LogP contribution in [0.3, 0.4) is 0 Å². The lowest BCUT2D eigenvalue weighted by Crippen LogP contribution is -1.92. The summed E-state index contributed by atoms with van der Waals surface area (Å²) in [6.07, 6.45) is 0. The second-order valence-corrected chi connectivity index (χ2v) is 4.98. The minimum atomic E-state index is -3.45. The van der Waals surface area contributed by atoms with Gasteiger partial charge in [-0.05, 0) is 6.07 Å². The SMILES string of the molecule is CP(=O)(O)Oc1ccccc1CBr. The molecule has 0 radical (unpaired) electrons. The smallest absolute Gasteiger partial charge is 0.373 e. The maximum absolute atomic E-state index is 11.0. The van der Waals surface area contributed by atoms with Gasteiger partial charge in [0.2, 0.25) is 0 Å². The minimum Gasteiger partial charge on any atom is -0.424 e. The highest BCUT2D eigenvalue weighted by atomic mass is 79.9. The largest absolute Gasteiger partial charge is 0.424 e. The standard InChI is InChI=1S/C8H10BrO3P/c1-13(10,11)12-8-5-3-2-4-7(8)6-9/h2-5H,6H2,1H3,(H,10,11). The number of alkyl halides is 1. The zero-order valence-corrected chi connectivity index (χ0v) is 9.59. The van der Waals surface area contributed by atoms with Crippen molar-refractivity contribution in [2.75, 3.05) is 6.66 Å². The van der Waals surface area contributed by atoms with Crippen LogP contribution in [0.1, 0.15) is 5.56 Å². The van der Waals surface area contributed by atoms with Crippen molar-refractivity contribution in [3.8, 4) is 5.75 Å². The number of rotatable bonds is 3. The van der Waals surface area contributed by atoms with Crippen LogP contribution in [0.25, 0.3) is 0 Å². The maximum atomic E-state index is 11.0. The van der Waals surface area contributed by atoms with Crippen LogP contribution < -0.4 is 4.52 Å². The Morgan fingerprint density at radius 3 is 2.69 bits per heavy atom. The zero-order chi connectivity index (χ0) is 9.90. The molecule has 0 aromatic heterocycles. The molecule has 1 unspecified atom stereocenters. The van der Waals surface area contributed by atoms with Crippen LogP contribution in [-0.4, -0.2) is 11.6 Å². The Bertz CT molecular complexity index is 334. The van der Waals surface area contributed by atoms with Gasteiger partial charge in [-0.25, -0.2) is 4.57 Å². The molecular formula is C8H10BrO3P. The van der Waals surface area contributed by atoms with E-state index in [2.05, 4.69) is 15.9 Å². The minimum absolute atomic E-state index is 0.452. The quantitative estimate of drug-likeness (QED) is 0.675. The molecule has 0 spiro atoms. The molecule has 72 valence electrons. The van der Waals surface area contributed by atoms with Crippen molar-refractivity contribution in [1.29, 1.82) is 0 Å². The average molecular weight is 265 g/mol. The molecule has 0 bridgehead atoms. The molecule has 1 atom stereocenters. The molecule has 0 amide bonds. The van der Waals surface area contributed by atoms with Crippen LogP contribution in [-0.2, 0) is 9.90 Å². The second-order valence-electron chi connectivity index (χ2n) is 2.64. The van der Waals surface area contributed by atoms with Gasteiger partial charge in [0, 0.05) is 17.6 Å². The molecule has 1 rings (SSSR count). The summed E-state index contributed by atoms with van der Waals surface area (Å²) in [5, 5.41) is 0.600. The van der Waals surface area contributed by atoms with Crippen molar-refractivity contribution in [2.45, 2.75) is 5.33 Å². The molecule has 1 N–H and O–H groups in total. The van der Waals surface area contributed by atoms with E-state index in [0.29, 0.717) is 11.1 Å². The summed E-state index contributed by atoms with van der Waals surface area (Å²) >= 11 is 3.26. The summed E-state index contributed by atoms with van der Waals surface area (Å²) in [5.74, 6) is 0.452. The predicted molar refractivity (Wildman–Crippen MR) is 55.5 cm³/mol. The molecule has 3 nitrogen and oxygen atoms in total. The second kappa shape index (κ2) is 4.27. The number of hydrogen-bond donors (Lipinski definition) is 1. The molecule has 13 heavy (non-hydrogen) atoms. The van der Waals surface area contributed by atoms with E-state index in [9.17, 15) is 4.57 Å². The molecule has 0 aliphatic heterocycles. The Morgan fingerprint density at radius 1 is 1.54 bits per heavy atom. The molecule has 0 heterocycles.